The van der Waals surface area contributed by atoms with Gasteiger partial charge in [-0.2, -0.15) is 0 Å². The van der Waals surface area contributed by atoms with Crippen LogP contribution in [0.3, 0.4) is 0 Å². The van der Waals surface area contributed by atoms with Gasteiger partial charge in [0.25, 0.3) is 0 Å². The zero-order valence-electron chi connectivity index (χ0n) is 12.4. The first kappa shape index (κ1) is 15.7. The third kappa shape index (κ3) is 4.67. The summed E-state index contributed by atoms with van der Waals surface area (Å²) in [4.78, 5) is 0. The number of benzene rings is 2. The van der Waals surface area contributed by atoms with E-state index in [1.807, 2.05) is 30.3 Å². The first-order chi connectivity index (χ1) is 10.2. The molecular formula is C17H20BrNO2. The number of halogens is 1. The molecule has 0 heterocycles. The maximum Gasteiger partial charge on any atom is 0.133 e. The fourth-order valence-electron chi connectivity index (χ4n) is 1.91. The maximum absolute atomic E-state index is 5.57. The quantitative estimate of drug-likeness (QED) is 0.774. The summed E-state index contributed by atoms with van der Waals surface area (Å²) >= 11 is 3.50. The molecule has 112 valence electrons. The maximum atomic E-state index is 5.57. The normalized spacial score (nSPS) is 10.2. The summed E-state index contributed by atoms with van der Waals surface area (Å²) < 4.78 is 11.8. The summed E-state index contributed by atoms with van der Waals surface area (Å²) in [7, 11) is 1.67. The molecule has 2 rings (SSSR count). The van der Waals surface area contributed by atoms with E-state index >= 15 is 0 Å². The van der Waals surface area contributed by atoms with E-state index in [-0.39, 0.29) is 0 Å². The minimum Gasteiger partial charge on any atom is -0.496 e. The van der Waals surface area contributed by atoms with Crippen LogP contribution in [0.25, 0.3) is 0 Å². The van der Waals surface area contributed by atoms with Gasteiger partial charge in [0.1, 0.15) is 11.5 Å². The lowest BCUT2D eigenvalue weighted by Crippen LogP contribution is -2.00. The largest absolute Gasteiger partial charge is 0.496 e. The van der Waals surface area contributed by atoms with Crippen molar-refractivity contribution in [2.24, 2.45) is 0 Å². The highest BCUT2D eigenvalue weighted by Gasteiger charge is 2.01. The second-order valence-electron chi connectivity index (χ2n) is 4.70. The number of rotatable bonds is 7. The third-order valence-electron chi connectivity index (χ3n) is 3.04. The van der Waals surface area contributed by atoms with E-state index in [4.69, 9.17) is 9.47 Å². The lowest BCUT2D eigenvalue weighted by molar-refractivity contribution is 0.317. The van der Waals surface area contributed by atoms with Gasteiger partial charge in [-0.3, -0.25) is 0 Å². The summed E-state index contributed by atoms with van der Waals surface area (Å²) in [6.07, 6.45) is 1.02. The van der Waals surface area contributed by atoms with E-state index in [0.29, 0.717) is 0 Å². The third-order valence-corrected chi connectivity index (χ3v) is 3.66. The molecule has 0 fully saturated rings. The van der Waals surface area contributed by atoms with E-state index in [1.165, 1.54) is 5.56 Å². The molecule has 0 aliphatic heterocycles. The summed E-state index contributed by atoms with van der Waals surface area (Å²) in [6.45, 7) is 3.62. The predicted molar refractivity (Wildman–Crippen MR) is 90.2 cm³/mol. The highest BCUT2D eigenvalue weighted by atomic mass is 79.9. The van der Waals surface area contributed by atoms with Gasteiger partial charge in [0, 0.05) is 12.2 Å². The Morgan fingerprint density at radius 1 is 1.10 bits per heavy atom. The Labute approximate surface area is 134 Å². The molecule has 0 saturated carbocycles. The van der Waals surface area contributed by atoms with Gasteiger partial charge in [-0.15, -0.1) is 0 Å². The highest BCUT2D eigenvalue weighted by Crippen LogP contribution is 2.26. The Morgan fingerprint density at radius 3 is 2.48 bits per heavy atom. The van der Waals surface area contributed by atoms with Crippen molar-refractivity contribution in [3.8, 4) is 11.5 Å². The van der Waals surface area contributed by atoms with Gasteiger partial charge in [-0.25, -0.2) is 0 Å². The number of methoxy groups -OCH3 is 1. The lowest BCUT2D eigenvalue weighted by atomic mass is 10.2. The summed E-state index contributed by atoms with van der Waals surface area (Å²) in [5.41, 5.74) is 2.26. The van der Waals surface area contributed by atoms with E-state index in [2.05, 4.69) is 40.3 Å². The van der Waals surface area contributed by atoms with Crippen LogP contribution in [0.1, 0.15) is 18.9 Å². The number of hydrogen-bond donors (Lipinski definition) is 1. The second-order valence-corrected chi connectivity index (χ2v) is 5.55. The minimum absolute atomic E-state index is 0.757. The topological polar surface area (TPSA) is 30.5 Å². The predicted octanol–water partition coefficient (Wildman–Crippen LogP) is 4.86. The molecule has 0 unspecified atom stereocenters. The molecule has 0 aliphatic rings. The van der Waals surface area contributed by atoms with Crippen LogP contribution >= 0.6 is 15.9 Å². The van der Waals surface area contributed by atoms with Gasteiger partial charge in [0.15, 0.2) is 0 Å². The van der Waals surface area contributed by atoms with Crippen molar-refractivity contribution >= 4 is 21.6 Å². The molecule has 0 spiro atoms. The van der Waals surface area contributed by atoms with Gasteiger partial charge in [0.05, 0.1) is 18.2 Å². The van der Waals surface area contributed by atoms with E-state index < -0.39 is 0 Å². The Bertz CT molecular complexity index is 570. The molecule has 3 nitrogen and oxygen atoms in total. The van der Waals surface area contributed by atoms with Gasteiger partial charge in [-0.1, -0.05) is 13.0 Å². The average molecular weight is 350 g/mol. The second kappa shape index (κ2) is 7.93. The summed E-state index contributed by atoms with van der Waals surface area (Å²) in [5, 5.41) is 3.39. The monoisotopic (exact) mass is 349 g/mol. The van der Waals surface area contributed by atoms with Crippen molar-refractivity contribution < 1.29 is 9.47 Å². The van der Waals surface area contributed by atoms with Crippen LogP contribution in [-0.2, 0) is 6.54 Å². The lowest BCUT2D eigenvalue weighted by Gasteiger charge is -2.10. The van der Waals surface area contributed by atoms with Crippen molar-refractivity contribution in [2.75, 3.05) is 19.0 Å². The van der Waals surface area contributed by atoms with E-state index in [0.717, 1.165) is 41.2 Å². The van der Waals surface area contributed by atoms with Crippen molar-refractivity contribution in [2.45, 2.75) is 19.9 Å². The van der Waals surface area contributed by atoms with Gasteiger partial charge in [-0.05, 0) is 64.3 Å². The molecule has 0 aromatic heterocycles. The molecule has 4 heteroatoms. The zero-order chi connectivity index (χ0) is 15.1. The Hall–Kier alpha value is -1.68. The van der Waals surface area contributed by atoms with Crippen molar-refractivity contribution in [3.63, 3.8) is 0 Å². The minimum atomic E-state index is 0.757. The zero-order valence-corrected chi connectivity index (χ0v) is 13.9. The van der Waals surface area contributed by atoms with Gasteiger partial charge in [0.2, 0.25) is 0 Å². The van der Waals surface area contributed by atoms with Crippen LogP contribution in [0.5, 0.6) is 11.5 Å². The number of anilines is 1. The number of ether oxygens (including phenoxy) is 2. The summed E-state index contributed by atoms with van der Waals surface area (Å²) in [5.74, 6) is 1.76. The van der Waals surface area contributed by atoms with Crippen LogP contribution < -0.4 is 14.8 Å². The fourth-order valence-corrected chi connectivity index (χ4v) is 2.50. The average Bonchev–Trinajstić information content (AvgIpc) is 2.52. The molecule has 0 atom stereocenters. The Balaban J connectivity index is 1.92. The molecule has 0 aliphatic carbocycles. The van der Waals surface area contributed by atoms with Crippen molar-refractivity contribution in [3.05, 3.63) is 52.5 Å². The van der Waals surface area contributed by atoms with E-state index in [1.54, 1.807) is 7.11 Å². The molecule has 0 saturated heterocycles. The number of nitrogens with one attached hydrogen (secondary N) is 1. The molecule has 0 radical (unpaired) electrons. The molecule has 2 aromatic rings. The van der Waals surface area contributed by atoms with Gasteiger partial charge >= 0.3 is 0 Å². The molecular weight excluding hydrogens is 330 g/mol. The van der Waals surface area contributed by atoms with Crippen molar-refractivity contribution in [1.29, 1.82) is 0 Å². The first-order valence-electron chi connectivity index (χ1n) is 7.02. The van der Waals surface area contributed by atoms with Crippen molar-refractivity contribution in [1.82, 2.24) is 0 Å². The van der Waals surface area contributed by atoms with Crippen LogP contribution in [0, 0.1) is 0 Å². The highest BCUT2D eigenvalue weighted by molar-refractivity contribution is 9.10. The SMILES string of the molecule is CCCOc1ccc(NCc2ccc(OC)c(Br)c2)cc1. The van der Waals surface area contributed by atoms with Crippen LogP contribution in [0.4, 0.5) is 5.69 Å². The Morgan fingerprint density at radius 2 is 1.86 bits per heavy atom. The summed E-state index contributed by atoms with van der Waals surface area (Å²) in [6, 6.07) is 14.1. The van der Waals surface area contributed by atoms with Gasteiger partial charge < -0.3 is 14.8 Å². The molecule has 0 bridgehead atoms. The number of hydrogen-bond acceptors (Lipinski definition) is 3. The standard InChI is InChI=1S/C17H20BrNO2/c1-3-10-21-15-7-5-14(6-8-15)19-12-13-4-9-17(20-2)16(18)11-13/h4-9,11,19H,3,10,12H2,1-2H3. The Kier molecular flexibility index (Phi) is 5.93. The molecule has 2 aromatic carbocycles. The first-order valence-corrected chi connectivity index (χ1v) is 7.81. The van der Waals surface area contributed by atoms with Crippen LogP contribution in [0.15, 0.2) is 46.9 Å². The molecule has 1 N–H and O–H groups in total. The van der Waals surface area contributed by atoms with E-state index in [9.17, 15) is 0 Å². The smallest absolute Gasteiger partial charge is 0.133 e. The van der Waals surface area contributed by atoms with Crippen LogP contribution in [0.2, 0.25) is 0 Å². The molecule has 21 heavy (non-hydrogen) atoms. The molecule has 0 amide bonds. The van der Waals surface area contributed by atoms with Crippen LogP contribution in [-0.4, -0.2) is 13.7 Å². The fraction of sp³-hybridized carbons (Fsp3) is 0.294.